The van der Waals surface area contributed by atoms with Gasteiger partial charge < -0.3 is 32.9 Å². The summed E-state index contributed by atoms with van der Waals surface area (Å²) in [7, 11) is 0. The van der Waals surface area contributed by atoms with Gasteiger partial charge in [-0.2, -0.15) is 0 Å². The molecule has 96 valence electrons. The standard InChI is InChI=1S/2C4H6N4O/c2*5-3-2(4(6)9)7-1-8-3/h2*1H,5H2,(H2,6,9)(H,7,8). The van der Waals surface area contributed by atoms with Crippen LogP contribution in [0.15, 0.2) is 12.7 Å². The van der Waals surface area contributed by atoms with E-state index in [0.29, 0.717) is 0 Å². The number of nitrogens with one attached hydrogen (secondary N) is 2. The zero-order valence-electron chi connectivity index (χ0n) is 9.18. The maximum atomic E-state index is 10.4. The molecule has 10 N–H and O–H groups in total. The Kier molecular flexibility index (Phi) is 3.86. The molecule has 2 amide bonds. The van der Waals surface area contributed by atoms with Gasteiger partial charge in [-0.1, -0.05) is 0 Å². The number of anilines is 2. The first-order valence-electron chi connectivity index (χ1n) is 4.60. The average Bonchev–Trinajstić information content (AvgIpc) is 2.87. The Bertz CT molecular complexity index is 507. The summed E-state index contributed by atoms with van der Waals surface area (Å²) in [6, 6.07) is 0. The number of carbonyl (C=O) groups excluding carboxylic acids is 2. The first-order valence-corrected chi connectivity index (χ1v) is 4.60. The highest BCUT2D eigenvalue weighted by Crippen LogP contribution is 2.01. The van der Waals surface area contributed by atoms with Crippen LogP contribution in [0.4, 0.5) is 11.6 Å². The van der Waals surface area contributed by atoms with Gasteiger partial charge in [0, 0.05) is 0 Å². The van der Waals surface area contributed by atoms with Gasteiger partial charge in [-0.25, -0.2) is 9.97 Å². The Hall–Kier alpha value is -3.04. The van der Waals surface area contributed by atoms with Gasteiger partial charge in [0.2, 0.25) is 0 Å². The summed E-state index contributed by atoms with van der Waals surface area (Å²) in [6.45, 7) is 0. The number of hydrogen-bond acceptors (Lipinski definition) is 6. The number of H-pyrrole nitrogens is 2. The molecule has 0 saturated carbocycles. The van der Waals surface area contributed by atoms with E-state index in [9.17, 15) is 9.59 Å². The van der Waals surface area contributed by atoms with Crippen LogP contribution in [-0.2, 0) is 0 Å². The summed E-state index contributed by atoms with van der Waals surface area (Å²) in [6.07, 6.45) is 2.63. The first kappa shape index (κ1) is 13.0. The van der Waals surface area contributed by atoms with Crippen molar-refractivity contribution in [1.29, 1.82) is 0 Å². The molecule has 0 saturated heterocycles. The van der Waals surface area contributed by atoms with Gasteiger partial charge >= 0.3 is 0 Å². The number of amides is 2. The molecule has 0 spiro atoms. The van der Waals surface area contributed by atoms with Gasteiger partial charge in [-0.15, -0.1) is 0 Å². The lowest BCUT2D eigenvalue weighted by atomic mass is 10.4. The Balaban J connectivity index is 0.000000180. The van der Waals surface area contributed by atoms with Crippen molar-refractivity contribution in [3.8, 4) is 0 Å². The topological polar surface area (TPSA) is 196 Å². The van der Waals surface area contributed by atoms with Crippen molar-refractivity contribution in [2.45, 2.75) is 0 Å². The molecule has 0 aliphatic carbocycles. The molecule has 0 fully saturated rings. The molecule has 0 radical (unpaired) electrons. The molecule has 0 aromatic carbocycles. The third-order valence-corrected chi connectivity index (χ3v) is 1.83. The Morgan fingerprint density at radius 2 is 1.22 bits per heavy atom. The zero-order valence-corrected chi connectivity index (χ0v) is 9.18. The summed E-state index contributed by atoms with van der Waals surface area (Å²) < 4.78 is 0. The summed E-state index contributed by atoms with van der Waals surface area (Å²) >= 11 is 0. The molecule has 0 aliphatic heterocycles. The van der Waals surface area contributed by atoms with E-state index in [0.717, 1.165) is 0 Å². The fourth-order valence-electron chi connectivity index (χ4n) is 1.00. The Labute approximate surface area is 101 Å². The lowest BCUT2D eigenvalue weighted by Gasteiger charge is -1.87. The Morgan fingerprint density at radius 3 is 1.33 bits per heavy atom. The molecule has 10 heteroatoms. The normalized spacial score (nSPS) is 9.33. The summed E-state index contributed by atoms with van der Waals surface area (Å²) in [5.74, 6) is -0.903. The second kappa shape index (κ2) is 5.34. The lowest BCUT2D eigenvalue weighted by Crippen LogP contribution is -2.13. The second-order valence-electron chi connectivity index (χ2n) is 3.05. The maximum absolute atomic E-state index is 10.4. The summed E-state index contributed by atoms with van der Waals surface area (Å²) in [5, 5.41) is 0. The van der Waals surface area contributed by atoms with E-state index in [1.54, 1.807) is 0 Å². The third-order valence-electron chi connectivity index (χ3n) is 1.83. The van der Waals surface area contributed by atoms with E-state index < -0.39 is 11.8 Å². The lowest BCUT2D eigenvalue weighted by molar-refractivity contribution is 0.0988. The van der Waals surface area contributed by atoms with Crippen LogP contribution in [0, 0.1) is 0 Å². The van der Waals surface area contributed by atoms with Crippen molar-refractivity contribution in [3.63, 3.8) is 0 Å². The maximum Gasteiger partial charge on any atom is 0.269 e. The molecular formula is C8H12N8O2. The average molecular weight is 252 g/mol. The molecule has 2 aromatic rings. The fraction of sp³-hybridized carbons (Fsp3) is 0. The molecule has 0 atom stereocenters. The van der Waals surface area contributed by atoms with Crippen LogP contribution in [0.1, 0.15) is 21.0 Å². The van der Waals surface area contributed by atoms with E-state index in [2.05, 4.69) is 19.9 Å². The number of rotatable bonds is 2. The quantitative estimate of drug-likeness (QED) is 0.363. The highest BCUT2D eigenvalue weighted by molar-refractivity contribution is 5.95. The minimum absolute atomic E-state index is 0.141. The van der Waals surface area contributed by atoms with E-state index in [4.69, 9.17) is 22.9 Å². The number of nitrogen functional groups attached to an aromatic ring is 2. The molecule has 2 heterocycles. The van der Waals surface area contributed by atoms with Crippen LogP contribution >= 0.6 is 0 Å². The minimum atomic E-state index is -0.593. The van der Waals surface area contributed by atoms with Crippen LogP contribution in [-0.4, -0.2) is 31.8 Å². The SMILES string of the molecule is NC(=O)c1[nH]cnc1N.NC(=O)c1[nH]cnc1N. The summed E-state index contributed by atoms with van der Waals surface area (Å²) in [5.41, 5.74) is 20.5. The van der Waals surface area contributed by atoms with Crippen molar-refractivity contribution in [2.24, 2.45) is 11.5 Å². The molecule has 2 rings (SSSR count). The number of primary amides is 2. The number of nitrogens with two attached hydrogens (primary N) is 4. The predicted octanol–water partition coefficient (Wildman–Crippen LogP) is -1.82. The minimum Gasteiger partial charge on any atom is -0.382 e. The number of imidazole rings is 2. The number of carbonyl (C=O) groups is 2. The highest BCUT2D eigenvalue weighted by Gasteiger charge is 2.06. The predicted molar refractivity (Wildman–Crippen MR) is 63.0 cm³/mol. The largest absolute Gasteiger partial charge is 0.382 e. The molecule has 0 unspecified atom stereocenters. The monoisotopic (exact) mass is 252 g/mol. The molecular weight excluding hydrogens is 240 g/mol. The van der Waals surface area contributed by atoms with Crippen molar-refractivity contribution in [2.75, 3.05) is 11.5 Å². The van der Waals surface area contributed by atoms with Crippen molar-refractivity contribution >= 4 is 23.5 Å². The second-order valence-corrected chi connectivity index (χ2v) is 3.05. The molecule has 18 heavy (non-hydrogen) atoms. The van der Waals surface area contributed by atoms with Gasteiger partial charge in [0.05, 0.1) is 12.7 Å². The number of aromatic amines is 2. The third kappa shape index (κ3) is 2.98. The first-order chi connectivity index (χ1) is 8.43. The molecule has 10 nitrogen and oxygen atoms in total. The van der Waals surface area contributed by atoms with Gasteiger partial charge in [-0.3, -0.25) is 9.59 Å². The van der Waals surface area contributed by atoms with E-state index >= 15 is 0 Å². The molecule has 0 aliphatic rings. The van der Waals surface area contributed by atoms with Crippen molar-refractivity contribution in [1.82, 2.24) is 19.9 Å². The fourth-order valence-corrected chi connectivity index (χ4v) is 1.00. The highest BCUT2D eigenvalue weighted by atomic mass is 16.1. The van der Waals surface area contributed by atoms with Gasteiger partial charge in [0.15, 0.2) is 11.6 Å². The number of hydrogen-bond donors (Lipinski definition) is 6. The van der Waals surface area contributed by atoms with Crippen LogP contribution < -0.4 is 22.9 Å². The van der Waals surface area contributed by atoms with Gasteiger partial charge in [-0.05, 0) is 0 Å². The van der Waals surface area contributed by atoms with Crippen molar-refractivity contribution < 1.29 is 9.59 Å². The van der Waals surface area contributed by atoms with Crippen molar-refractivity contribution in [3.05, 3.63) is 24.0 Å². The summed E-state index contributed by atoms with van der Waals surface area (Å²) in [4.78, 5) is 32.8. The van der Waals surface area contributed by atoms with Gasteiger partial charge in [0.1, 0.15) is 11.4 Å². The number of aromatic nitrogens is 4. The van der Waals surface area contributed by atoms with E-state index in [1.807, 2.05) is 0 Å². The van der Waals surface area contributed by atoms with E-state index in [-0.39, 0.29) is 23.0 Å². The smallest absolute Gasteiger partial charge is 0.269 e. The van der Waals surface area contributed by atoms with Crippen LogP contribution in [0.3, 0.4) is 0 Å². The molecule has 2 aromatic heterocycles. The zero-order chi connectivity index (χ0) is 13.7. The van der Waals surface area contributed by atoms with Crippen LogP contribution in [0.2, 0.25) is 0 Å². The number of nitrogens with zero attached hydrogens (tertiary/aromatic N) is 2. The Morgan fingerprint density at radius 1 is 0.889 bits per heavy atom. The van der Waals surface area contributed by atoms with Gasteiger partial charge in [0.25, 0.3) is 11.8 Å². The van der Waals surface area contributed by atoms with Crippen LogP contribution in [0.5, 0.6) is 0 Å². The van der Waals surface area contributed by atoms with Crippen LogP contribution in [0.25, 0.3) is 0 Å². The van der Waals surface area contributed by atoms with E-state index in [1.165, 1.54) is 12.7 Å². The molecule has 0 bridgehead atoms.